The Kier molecular flexibility index (Phi) is 5.82. The van der Waals surface area contributed by atoms with Crippen molar-refractivity contribution in [1.29, 1.82) is 0 Å². The predicted octanol–water partition coefficient (Wildman–Crippen LogP) is 2.34. The Labute approximate surface area is 186 Å². The van der Waals surface area contributed by atoms with Gasteiger partial charge in [-0.15, -0.1) is 5.10 Å². The number of aromatic nitrogens is 4. The van der Waals surface area contributed by atoms with Gasteiger partial charge in [-0.1, -0.05) is 11.8 Å². The van der Waals surface area contributed by atoms with Crippen molar-refractivity contribution in [2.75, 3.05) is 18.6 Å². The van der Waals surface area contributed by atoms with Gasteiger partial charge in [0.05, 0.1) is 42.1 Å². The minimum absolute atomic E-state index is 0.0330. The number of rotatable bonds is 6. The van der Waals surface area contributed by atoms with Gasteiger partial charge in [-0.2, -0.15) is 0 Å². The number of anilines is 1. The van der Waals surface area contributed by atoms with Crippen molar-refractivity contribution in [2.45, 2.75) is 18.6 Å². The summed E-state index contributed by atoms with van der Waals surface area (Å²) >= 11 is 1.08. The van der Waals surface area contributed by atoms with E-state index in [-0.39, 0.29) is 35.1 Å². The Hall–Kier alpha value is -3.86. The molecule has 11 heteroatoms. The minimum Gasteiger partial charge on any atom is -0.467 e. The standard InChI is InChI=1S/C21H19N5O5S/c1-12-8-17(22)24-26(12)18(27)11-32-21-23-16-9-13(20(29)30-2)5-6-15(16)19(28)25(21)10-14-4-3-7-31-14/h3-9H,10-11H2,1-2H3,(H2,22,24). The molecule has 3 aromatic heterocycles. The summed E-state index contributed by atoms with van der Waals surface area (Å²) in [7, 11) is 1.28. The van der Waals surface area contributed by atoms with Crippen LogP contribution in [0.15, 0.2) is 57.0 Å². The molecule has 10 nitrogen and oxygen atoms in total. The van der Waals surface area contributed by atoms with E-state index in [2.05, 4.69) is 10.1 Å². The van der Waals surface area contributed by atoms with E-state index in [1.165, 1.54) is 40.8 Å². The van der Waals surface area contributed by atoms with Gasteiger partial charge in [-0.25, -0.2) is 14.5 Å². The number of carbonyl (C=O) groups excluding carboxylic acids is 2. The Morgan fingerprint density at radius 3 is 2.72 bits per heavy atom. The molecule has 0 saturated heterocycles. The number of carbonyl (C=O) groups is 2. The van der Waals surface area contributed by atoms with Gasteiger partial charge >= 0.3 is 5.97 Å². The van der Waals surface area contributed by atoms with Crippen LogP contribution in [0.5, 0.6) is 0 Å². The number of esters is 1. The molecule has 1 aromatic carbocycles. The van der Waals surface area contributed by atoms with Crippen molar-refractivity contribution in [1.82, 2.24) is 19.3 Å². The van der Waals surface area contributed by atoms with Crippen LogP contribution in [0, 0.1) is 6.92 Å². The molecule has 0 aliphatic rings. The zero-order valence-electron chi connectivity index (χ0n) is 17.3. The van der Waals surface area contributed by atoms with E-state index in [0.29, 0.717) is 27.5 Å². The first-order chi connectivity index (χ1) is 15.4. The van der Waals surface area contributed by atoms with Gasteiger partial charge < -0.3 is 14.9 Å². The second-order valence-electron chi connectivity index (χ2n) is 6.89. The summed E-state index contributed by atoms with van der Waals surface area (Å²) in [6.45, 7) is 1.86. The summed E-state index contributed by atoms with van der Waals surface area (Å²) in [5.41, 5.74) is 6.54. The molecule has 0 saturated carbocycles. The lowest BCUT2D eigenvalue weighted by molar-refractivity contribution is 0.0600. The summed E-state index contributed by atoms with van der Waals surface area (Å²) in [6.07, 6.45) is 1.51. The van der Waals surface area contributed by atoms with Gasteiger partial charge in [0.1, 0.15) is 11.6 Å². The van der Waals surface area contributed by atoms with E-state index in [1.54, 1.807) is 25.1 Å². The predicted molar refractivity (Wildman–Crippen MR) is 118 cm³/mol. The highest BCUT2D eigenvalue weighted by atomic mass is 32.2. The molecule has 0 unspecified atom stereocenters. The maximum atomic E-state index is 13.2. The lowest BCUT2D eigenvalue weighted by Crippen LogP contribution is -2.25. The van der Waals surface area contributed by atoms with E-state index in [0.717, 1.165) is 11.8 Å². The quantitative estimate of drug-likeness (QED) is 0.265. The number of nitrogens with two attached hydrogens (primary N) is 1. The average Bonchev–Trinajstić information content (AvgIpc) is 3.42. The summed E-state index contributed by atoms with van der Waals surface area (Å²) < 4.78 is 12.8. The van der Waals surface area contributed by atoms with Crippen LogP contribution in [0.4, 0.5) is 5.82 Å². The molecule has 0 aliphatic heterocycles. The van der Waals surface area contributed by atoms with Gasteiger partial charge in [0.2, 0.25) is 0 Å². The topological polar surface area (TPSA) is 135 Å². The lowest BCUT2D eigenvalue weighted by atomic mass is 10.1. The molecule has 3 heterocycles. The van der Waals surface area contributed by atoms with Gasteiger partial charge in [0.25, 0.3) is 11.5 Å². The Morgan fingerprint density at radius 1 is 1.25 bits per heavy atom. The maximum Gasteiger partial charge on any atom is 0.337 e. The number of thioether (sulfide) groups is 1. The van der Waals surface area contributed by atoms with Crippen molar-refractivity contribution < 1.29 is 18.7 Å². The van der Waals surface area contributed by atoms with Crippen molar-refractivity contribution in [2.24, 2.45) is 0 Å². The van der Waals surface area contributed by atoms with Crippen LogP contribution < -0.4 is 11.3 Å². The number of nitrogens with zero attached hydrogens (tertiary/aromatic N) is 4. The minimum atomic E-state index is -0.537. The summed E-state index contributed by atoms with van der Waals surface area (Å²) in [5.74, 6) is -0.0802. The zero-order valence-corrected chi connectivity index (χ0v) is 18.1. The van der Waals surface area contributed by atoms with Crippen LogP contribution in [0.2, 0.25) is 0 Å². The van der Waals surface area contributed by atoms with E-state index in [1.807, 2.05) is 0 Å². The molecule has 0 bridgehead atoms. The number of hydrogen-bond donors (Lipinski definition) is 1. The normalized spacial score (nSPS) is 11.1. The van der Waals surface area contributed by atoms with E-state index >= 15 is 0 Å². The monoisotopic (exact) mass is 453 g/mol. The molecular weight excluding hydrogens is 434 g/mol. The fourth-order valence-electron chi connectivity index (χ4n) is 3.19. The van der Waals surface area contributed by atoms with E-state index < -0.39 is 5.97 Å². The average molecular weight is 453 g/mol. The molecule has 4 rings (SSSR count). The molecule has 4 aromatic rings. The molecular formula is C21H19N5O5S. The third-order valence-electron chi connectivity index (χ3n) is 4.70. The Morgan fingerprint density at radius 2 is 2.06 bits per heavy atom. The first-order valence-electron chi connectivity index (χ1n) is 9.51. The SMILES string of the molecule is COC(=O)c1ccc2c(=O)n(Cc3ccco3)c(SCC(=O)n3nc(N)cc3C)nc2c1. The van der Waals surface area contributed by atoms with Crippen molar-refractivity contribution in [3.63, 3.8) is 0 Å². The highest BCUT2D eigenvalue weighted by Crippen LogP contribution is 2.21. The third kappa shape index (κ3) is 4.14. The van der Waals surface area contributed by atoms with E-state index in [4.69, 9.17) is 14.9 Å². The van der Waals surface area contributed by atoms with Gasteiger partial charge in [0.15, 0.2) is 5.16 Å². The molecule has 0 radical (unpaired) electrons. The molecule has 2 N–H and O–H groups in total. The highest BCUT2D eigenvalue weighted by Gasteiger charge is 2.18. The van der Waals surface area contributed by atoms with Crippen LogP contribution in [0.3, 0.4) is 0 Å². The second kappa shape index (κ2) is 8.71. The van der Waals surface area contributed by atoms with Crippen LogP contribution in [-0.4, -0.2) is 44.1 Å². The van der Waals surface area contributed by atoms with Gasteiger partial charge in [-0.05, 0) is 37.3 Å². The second-order valence-corrected chi connectivity index (χ2v) is 7.84. The van der Waals surface area contributed by atoms with Crippen LogP contribution in [0.25, 0.3) is 10.9 Å². The number of aryl methyl sites for hydroxylation is 1. The molecule has 0 fully saturated rings. The lowest BCUT2D eigenvalue weighted by Gasteiger charge is -2.12. The van der Waals surface area contributed by atoms with Crippen molar-refractivity contribution in [3.8, 4) is 0 Å². The summed E-state index contributed by atoms with van der Waals surface area (Å²) in [4.78, 5) is 42.3. The van der Waals surface area contributed by atoms with Crippen LogP contribution >= 0.6 is 11.8 Å². The zero-order chi connectivity index (χ0) is 22.8. The summed E-state index contributed by atoms with van der Waals surface area (Å²) in [6, 6.07) is 9.59. The maximum absolute atomic E-state index is 13.2. The van der Waals surface area contributed by atoms with E-state index in [9.17, 15) is 14.4 Å². The number of furan rings is 1. The molecule has 32 heavy (non-hydrogen) atoms. The first-order valence-corrected chi connectivity index (χ1v) is 10.5. The number of ether oxygens (including phenoxy) is 1. The highest BCUT2D eigenvalue weighted by molar-refractivity contribution is 7.99. The molecule has 0 spiro atoms. The van der Waals surface area contributed by atoms with Gasteiger partial charge in [-0.3, -0.25) is 14.2 Å². The Balaban J connectivity index is 1.74. The summed E-state index contributed by atoms with van der Waals surface area (Å²) in [5, 5.41) is 4.62. The number of hydrogen-bond acceptors (Lipinski definition) is 9. The van der Waals surface area contributed by atoms with Crippen LogP contribution in [0.1, 0.15) is 26.6 Å². The Bertz CT molecular complexity index is 1370. The number of benzene rings is 1. The third-order valence-corrected chi connectivity index (χ3v) is 5.66. The fourth-order valence-corrected chi connectivity index (χ4v) is 4.03. The largest absolute Gasteiger partial charge is 0.467 e. The number of methoxy groups -OCH3 is 1. The molecule has 164 valence electrons. The smallest absolute Gasteiger partial charge is 0.337 e. The molecule has 0 aliphatic carbocycles. The number of fused-ring (bicyclic) bond motifs is 1. The molecule has 0 amide bonds. The van der Waals surface area contributed by atoms with Crippen molar-refractivity contribution in [3.05, 3.63) is 70.0 Å². The van der Waals surface area contributed by atoms with Crippen LogP contribution in [-0.2, 0) is 11.3 Å². The van der Waals surface area contributed by atoms with Crippen molar-refractivity contribution >= 4 is 40.4 Å². The molecule has 0 atom stereocenters. The fraction of sp³-hybridized carbons (Fsp3) is 0.190. The first kappa shape index (κ1) is 21.4. The van der Waals surface area contributed by atoms with Gasteiger partial charge in [0, 0.05) is 11.8 Å². The number of nitrogen functional groups attached to an aromatic ring is 1.